The van der Waals surface area contributed by atoms with Gasteiger partial charge >= 0.3 is 0 Å². The molecular formula is C23H26N2O2. The van der Waals surface area contributed by atoms with Crippen molar-refractivity contribution in [3.8, 4) is 11.3 Å². The summed E-state index contributed by atoms with van der Waals surface area (Å²) in [6.07, 6.45) is 1.72. The Kier molecular flexibility index (Phi) is 5.45. The van der Waals surface area contributed by atoms with Gasteiger partial charge < -0.3 is 9.73 Å². The first-order valence-electron chi connectivity index (χ1n) is 9.41. The lowest BCUT2D eigenvalue weighted by Crippen LogP contribution is -2.18. The van der Waals surface area contributed by atoms with E-state index in [9.17, 15) is 4.79 Å². The van der Waals surface area contributed by atoms with Gasteiger partial charge in [-0.15, -0.1) is 0 Å². The van der Waals surface area contributed by atoms with Crippen LogP contribution in [0, 0.1) is 20.8 Å². The summed E-state index contributed by atoms with van der Waals surface area (Å²) in [6, 6.07) is 11.9. The van der Waals surface area contributed by atoms with Crippen LogP contribution in [0.2, 0.25) is 0 Å². The molecule has 2 aromatic heterocycles. The highest BCUT2D eigenvalue weighted by Gasteiger charge is 2.21. The largest absolute Gasteiger partial charge is 0.461 e. The van der Waals surface area contributed by atoms with E-state index in [1.54, 1.807) is 0 Å². The average Bonchev–Trinajstić information content (AvgIpc) is 3.07. The molecule has 0 saturated heterocycles. The molecule has 0 bridgehead atoms. The van der Waals surface area contributed by atoms with E-state index in [0.29, 0.717) is 17.0 Å². The highest BCUT2D eigenvalue weighted by Crippen LogP contribution is 2.30. The number of rotatable bonds is 5. The molecule has 3 aromatic rings. The van der Waals surface area contributed by atoms with Crippen LogP contribution < -0.4 is 5.32 Å². The zero-order chi connectivity index (χ0) is 19.6. The first-order chi connectivity index (χ1) is 12.9. The third kappa shape index (κ3) is 3.80. The van der Waals surface area contributed by atoms with Crippen LogP contribution in [0.5, 0.6) is 0 Å². The van der Waals surface area contributed by atoms with Crippen LogP contribution in [0.4, 0.5) is 5.69 Å². The molecule has 0 aliphatic heterocycles. The SMILES string of the molecule is CCc1cccc(CC)c1NC(=O)c1c(-c2ccc(C)o2)cc(C)nc1C. The maximum Gasteiger partial charge on any atom is 0.258 e. The third-order valence-electron chi connectivity index (χ3n) is 4.80. The lowest BCUT2D eigenvalue weighted by molar-refractivity contribution is 0.102. The minimum atomic E-state index is -0.153. The van der Waals surface area contributed by atoms with Crippen LogP contribution in [0.3, 0.4) is 0 Å². The van der Waals surface area contributed by atoms with E-state index in [4.69, 9.17) is 4.42 Å². The predicted octanol–water partition coefficient (Wildman–Crippen LogP) is 5.64. The second-order valence-electron chi connectivity index (χ2n) is 6.79. The lowest BCUT2D eigenvalue weighted by atomic mass is 10.00. The predicted molar refractivity (Wildman–Crippen MR) is 109 cm³/mol. The van der Waals surface area contributed by atoms with Crippen molar-refractivity contribution in [2.75, 3.05) is 5.32 Å². The van der Waals surface area contributed by atoms with E-state index in [2.05, 4.69) is 36.3 Å². The number of carbonyl (C=O) groups excluding carboxylic acids is 1. The Balaban J connectivity index is 2.09. The van der Waals surface area contributed by atoms with E-state index in [-0.39, 0.29) is 5.91 Å². The number of carbonyl (C=O) groups is 1. The number of amides is 1. The van der Waals surface area contributed by atoms with Gasteiger partial charge in [0.2, 0.25) is 0 Å². The molecule has 4 nitrogen and oxygen atoms in total. The van der Waals surface area contributed by atoms with Gasteiger partial charge in [0.05, 0.1) is 11.3 Å². The van der Waals surface area contributed by atoms with Gasteiger partial charge in [-0.1, -0.05) is 32.0 Å². The molecule has 0 atom stereocenters. The number of furan rings is 1. The highest BCUT2D eigenvalue weighted by atomic mass is 16.3. The maximum atomic E-state index is 13.3. The normalized spacial score (nSPS) is 10.9. The second kappa shape index (κ2) is 7.78. The van der Waals surface area contributed by atoms with Gasteiger partial charge in [-0.05, 0) is 62.9 Å². The van der Waals surface area contributed by atoms with E-state index < -0.39 is 0 Å². The summed E-state index contributed by atoms with van der Waals surface area (Å²) in [5.41, 5.74) is 6.07. The molecule has 0 radical (unpaired) electrons. The Morgan fingerprint density at radius 3 is 2.26 bits per heavy atom. The number of benzene rings is 1. The quantitative estimate of drug-likeness (QED) is 0.638. The summed E-state index contributed by atoms with van der Waals surface area (Å²) >= 11 is 0. The van der Waals surface area contributed by atoms with Gasteiger partial charge in [-0.25, -0.2) is 0 Å². The molecule has 0 aliphatic rings. The van der Waals surface area contributed by atoms with E-state index >= 15 is 0 Å². The first-order valence-corrected chi connectivity index (χ1v) is 9.41. The monoisotopic (exact) mass is 362 g/mol. The van der Waals surface area contributed by atoms with E-state index in [1.165, 1.54) is 0 Å². The van der Waals surface area contributed by atoms with Crippen LogP contribution in [-0.4, -0.2) is 10.9 Å². The number of anilines is 1. The molecule has 1 aromatic carbocycles. The molecule has 0 fully saturated rings. The summed E-state index contributed by atoms with van der Waals surface area (Å²) in [5, 5.41) is 3.15. The average molecular weight is 362 g/mol. The molecule has 2 heterocycles. The molecule has 0 aliphatic carbocycles. The summed E-state index contributed by atoms with van der Waals surface area (Å²) in [5.74, 6) is 1.35. The summed E-state index contributed by atoms with van der Waals surface area (Å²) in [6.45, 7) is 9.89. The molecule has 0 saturated carbocycles. The van der Waals surface area contributed by atoms with Gasteiger partial charge in [-0.3, -0.25) is 9.78 Å². The number of hydrogen-bond acceptors (Lipinski definition) is 3. The molecule has 3 rings (SSSR count). The molecule has 1 amide bonds. The van der Waals surface area contributed by atoms with Gasteiger partial charge in [0.25, 0.3) is 5.91 Å². The van der Waals surface area contributed by atoms with Gasteiger partial charge in [0.1, 0.15) is 11.5 Å². The number of aryl methyl sites for hydroxylation is 5. The zero-order valence-electron chi connectivity index (χ0n) is 16.6. The molecule has 140 valence electrons. The second-order valence-corrected chi connectivity index (χ2v) is 6.79. The van der Waals surface area contributed by atoms with Crippen molar-refractivity contribution in [1.29, 1.82) is 0 Å². The van der Waals surface area contributed by atoms with Crippen LogP contribution in [-0.2, 0) is 12.8 Å². The summed E-state index contributed by atoms with van der Waals surface area (Å²) < 4.78 is 5.80. The number of hydrogen-bond donors (Lipinski definition) is 1. The number of aromatic nitrogens is 1. The molecule has 0 unspecified atom stereocenters. The van der Waals surface area contributed by atoms with Crippen molar-refractivity contribution in [3.05, 3.63) is 70.2 Å². The molecule has 4 heteroatoms. The van der Waals surface area contributed by atoms with Crippen LogP contribution in [0.25, 0.3) is 11.3 Å². The smallest absolute Gasteiger partial charge is 0.258 e. The van der Waals surface area contributed by atoms with Crippen LogP contribution >= 0.6 is 0 Å². The van der Waals surface area contributed by atoms with E-state index in [0.717, 1.165) is 46.7 Å². The van der Waals surface area contributed by atoms with Crippen molar-refractivity contribution in [3.63, 3.8) is 0 Å². The fourth-order valence-electron chi connectivity index (χ4n) is 3.47. The van der Waals surface area contributed by atoms with Crippen molar-refractivity contribution < 1.29 is 9.21 Å². The molecular weight excluding hydrogens is 336 g/mol. The van der Waals surface area contributed by atoms with Crippen molar-refractivity contribution in [2.45, 2.75) is 47.5 Å². The summed E-state index contributed by atoms with van der Waals surface area (Å²) in [4.78, 5) is 17.8. The van der Waals surface area contributed by atoms with Crippen molar-refractivity contribution in [1.82, 2.24) is 4.98 Å². The minimum absolute atomic E-state index is 0.153. The van der Waals surface area contributed by atoms with Crippen LogP contribution in [0.15, 0.2) is 40.8 Å². The lowest BCUT2D eigenvalue weighted by Gasteiger charge is -2.17. The Morgan fingerprint density at radius 1 is 1.04 bits per heavy atom. The number of nitrogens with zero attached hydrogens (tertiary/aromatic N) is 1. The number of para-hydroxylation sites is 1. The van der Waals surface area contributed by atoms with Gasteiger partial charge in [-0.2, -0.15) is 0 Å². The van der Waals surface area contributed by atoms with Gasteiger partial charge in [0.15, 0.2) is 0 Å². The molecule has 27 heavy (non-hydrogen) atoms. The number of pyridine rings is 1. The topological polar surface area (TPSA) is 55.1 Å². The first kappa shape index (κ1) is 18.9. The van der Waals surface area contributed by atoms with Crippen LogP contribution in [0.1, 0.15) is 52.5 Å². The summed E-state index contributed by atoms with van der Waals surface area (Å²) in [7, 11) is 0. The van der Waals surface area contributed by atoms with Gasteiger partial charge in [0, 0.05) is 16.9 Å². The molecule has 0 spiro atoms. The zero-order valence-corrected chi connectivity index (χ0v) is 16.6. The number of nitrogens with one attached hydrogen (secondary N) is 1. The van der Waals surface area contributed by atoms with E-state index in [1.807, 2.05) is 45.0 Å². The Morgan fingerprint density at radius 2 is 1.70 bits per heavy atom. The molecule has 1 N–H and O–H groups in total. The Hall–Kier alpha value is -2.88. The standard InChI is InChI=1S/C23H26N2O2/c1-6-17-9-8-10-18(7-2)22(17)25-23(26)21-16(5)24-14(3)13-19(21)20-12-11-15(4)27-20/h8-13H,6-7H2,1-5H3,(H,25,26). The van der Waals surface area contributed by atoms with Crippen molar-refractivity contribution in [2.24, 2.45) is 0 Å². The minimum Gasteiger partial charge on any atom is -0.461 e. The fourth-order valence-corrected chi connectivity index (χ4v) is 3.47. The Bertz CT molecular complexity index is 964. The van der Waals surface area contributed by atoms with Crippen molar-refractivity contribution >= 4 is 11.6 Å². The highest BCUT2D eigenvalue weighted by molar-refractivity contribution is 6.09. The maximum absolute atomic E-state index is 13.3. The third-order valence-corrected chi connectivity index (χ3v) is 4.80. The Labute approximate surface area is 160 Å². The fraction of sp³-hybridized carbons (Fsp3) is 0.304.